The highest BCUT2D eigenvalue weighted by atomic mass is 19.2. The van der Waals surface area contributed by atoms with Crippen LogP contribution in [0.25, 0.3) is 0 Å². The second-order valence-electron chi connectivity index (χ2n) is 3.31. The Morgan fingerprint density at radius 2 is 1.88 bits per heavy atom. The molecule has 0 saturated carbocycles. The number of hydrogen-bond acceptors (Lipinski definition) is 2. The van der Waals surface area contributed by atoms with E-state index in [1.165, 1.54) is 6.07 Å². The highest BCUT2D eigenvalue weighted by molar-refractivity contribution is 5.94. The van der Waals surface area contributed by atoms with Gasteiger partial charge in [0.25, 0.3) is 0 Å². The maximum atomic E-state index is 12.8. The SMILES string of the molecule is CCC(=O)NCC(=O)Nc1ccc(F)c(F)c1. The monoisotopic (exact) mass is 242 g/mol. The Hall–Kier alpha value is -1.98. The maximum Gasteiger partial charge on any atom is 0.243 e. The molecule has 0 spiro atoms. The lowest BCUT2D eigenvalue weighted by atomic mass is 10.3. The van der Waals surface area contributed by atoms with Crippen LogP contribution in [0.15, 0.2) is 18.2 Å². The van der Waals surface area contributed by atoms with Crippen LogP contribution < -0.4 is 10.6 Å². The van der Waals surface area contributed by atoms with Crippen molar-refractivity contribution >= 4 is 17.5 Å². The zero-order valence-electron chi connectivity index (χ0n) is 9.22. The fourth-order valence-corrected chi connectivity index (χ4v) is 1.08. The molecule has 1 aromatic carbocycles. The van der Waals surface area contributed by atoms with Gasteiger partial charge in [-0.1, -0.05) is 6.92 Å². The summed E-state index contributed by atoms with van der Waals surface area (Å²) in [6.07, 6.45) is 0.276. The van der Waals surface area contributed by atoms with Crippen molar-refractivity contribution in [2.75, 3.05) is 11.9 Å². The molecule has 0 fully saturated rings. The first-order valence-electron chi connectivity index (χ1n) is 5.04. The number of carbonyl (C=O) groups excluding carboxylic acids is 2. The first kappa shape index (κ1) is 13.1. The lowest BCUT2D eigenvalue weighted by molar-refractivity contribution is -0.123. The van der Waals surface area contributed by atoms with E-state index in [1.807, 2.05) is 0 Å². The molecule has 17 heavy (non-hydrogen) atoms. The Balaban J connectivity index is 2.50. The predicted molar refractivity (Wildman–Crippen MR) is 58.3 cm³/mol. The topological polar surface area (TPSA) is 58.2 Å². The van der Waals surface area contributed by atoms with Gasteiger partial charge in [0.2, 0.25) is 11.8 Å². The number of carbonyl (C=O) groups is 2. The molecular formula is C11H12F2N2O2. The molecule has 0 radical (unpaired) electrons. The van der Waals surface area contributed by atoms with Crippen LogP contribution in [0.1, 0.15) is 13.3 Å². The second kappa shape index (κ2) is 5.93. The van der Waals surface area contributed by atoms with E-state index in [9.17, 15) is 18.4 Å². The molecule has 0 saturated heterocycles. The summed E-state index contributed by atoms with van der Waals surface area (Å²) in [6.45, 7) is 1.45. The van der Waals surface area contributed by atoms with Gasteiger partial charge in [0.1, 0.15) is 0 Å². The van der Waals surface area contributed by atoms with Gasteiger partial charge in [-0.05, 0) is 12.1 Å². The Morgan fingerprint density at radius 3 is 2.47 bits per heavy atom. The van der Waals surface area contributed by atoms with Crippen molar-refractivity contribution in [1.82, 2.24) is 5.32 Å². The normalized spacial score (nSPS) is 9.82. The molecule has 1 aromatic rings. The number of halogens is 2. The third-order valence-corrected chi connectivity index (χ3v) is 1.97. The van der Waals surface area contributed by atoms with Crippen LogP contribution in [0, 0.1) is 11.6 Å². The molecule has 0 unspecified atom stereocenters. The van der Waals surface area contributed by atoms with Gasteiger partial charge < -0.3 is 10.6 Å². The second-order valence-corrected chi connectivity index (χ2v) is 3.31. The van der Waals surface area contributed by atoms with Crippen LogP contribution in [0.2, 0.25) is 0 Å². The van der Waals surface area contributed by atoms with Gasteiger partial charge in [0.15, 0.2) is 11.6 Å². The van der Waals surface area contributed by atoms with Crippen LogP contribution in [0.3, 0.4) is 0 Å². The first-order chi connectivity index (χ1) is 8.02. The number of benzene rings is 1. The van der Waals surface area contributed by atoms with Crippen LogP contribution in [0.5, 0.6) is 0 Å². The number of rotatable bonds is 4. The van der Waals surface area contributed by atoms with Gasteiger partial charge in [-0.15, -0.1) is 0 Å². The number of nitrogens with one attached hydrogen (secondary N) is 2. The molecule has 0 atom stereocenters. The van der Waals surface area contributed by atoms with E-state index < -0.39 is 17.5 Å². The summed E-state index contributed by atoms with van der Waals surface area (Å²) in [4.78, 5) is 22.2. The molecule has 6 heteroatoms. The molecule has 0 aliphatic carbocycles. The number of hydrogen-bond donors (Lipinski definition) is 2. The zero-order valence-corrected chi connectivity index (χ0v) is 9.22. The van der Waals surface area contributed by atoms with Crippen molar-refractivity contribution in [2.24, 2.45) is 0 Å². The molecule has 0 aliphatic rings. The fourth-order valence-electron chi connectivity index (χ4n) is 1.08. The maximum absolute atomic E-state index is 12.8. The van der Waals surface area contributed by atoms with E-state index in [-0.39, 0.29) is 24.6 Å². The van der Waals surface area contributed by atoms with Crippen molar-refractivity contribution in [3.05, 3.63) is 29.8 Å². The molecule has 4 nitrogen and oxygen atoms in total. The Morgan fingerprint density at radius 1 is 1.18 bits per heavy atom. The Bertz CT molecular complexity index is 435. The average Bonchev–Trinajstić information content (AvgIpc) is 2.31. The standard InChI is InChI=1S/C11H12F2N2O2/c1-2-10(16)14-6-11(17)15-7-3-4-8(12)9(13)5-7/h3-5H,2,6H2,1H3,(H,14,16)(H,15,17). The van der Waals surface area contributed by atoms with Crippen molar-refractivity contribution in [1.29, 1.82) is 0 Å². The van der Waals surface area contributed by atoms with E-state index >= 15 is 0 Å². The van der Waals surface area contributed by atoms with Crippen LogP contribution in [0.4, 0.5) is 14.5 Å². The summed E-state index contributed by atoms with van der Waals surface area (Å²) in [5, 5.41) is 4.69. The summed E-state index contributed by atoms with van der Waals surface area (Å²) in [7, 11) is 0. The van der Waals surface area contributed by atoms with Gasteiger partial charge in [-0.3, -0.25) is 9.59 Å². The third-order valence-electron chi connectivity index (χ3n) is 1.97. The molecule has 2 amide bonds. The van der Waals surface area contributed by atoms with E-state index in [1.54, 1.807) is 6.92 Å². The van der Waals surface area contributed by atoms with Crippen molar-refractivity contribution in [3.8, 4) is 0 Å². The predicted octanol–water partition coefficient (Wildman–Crippen LogP) is 1.43. The molecule has 1 rings (SSSR count). The largest absolute Gasteiger partial charge is 0.347 e. The lowest BCUT2D eigenvalue weighted by Crippen LogP contribution is -2.32. The lowest BCUT2D eigenvalue weighted by Gasteiger charge is -2.06. The van der Waals surface area contributed by atoms with Crippen LogP contribution >= 0.6 is 0 Å². The minimum atomic E-state index is -1.04. The van der Waals surface area contributed by atoms with Gasteiger partial charge in [0.05, 0.1) is 6.54 Å². The number of anilines is 1. The Labute approximate surface area is 97.0 Å². The van der Waals surface area contributed by atoms with E-state index in [4.69, 9.17) is 0 Å². The molecular weight excluding hydrogens is 230 g/mol. The van der Waals surface area contributed by atoms with E-state index in [2.05, 4.69) is 10.6 Å². The minimum Gasteiger partial charge on any atom is -0.347 e. The fraction of sp³-hybridized carbons (Fsp3) is 0.273. The summed E-state index contributed by atoms with van der Waals surface area (Å²) >= 11 is 0. The third kappa shape index (κ3) is 4.18. The summed E-state index contributed by atoms with van der Waals surface area (Å²) < 4.78 is 25.4. The van der Waals surface area contributed by atoms with Crippen molar-refractivity contribution in [2.45, 2.75) is 13.3 Å². The molecule has 0 heterocycles. The average molecular weight is 242 g/mol. The van der Waals surface area contributed by atoms with Crippen LogP contribution in [-0.2, 0) is 9.59 Å². The molecule has 0 aliphatic heterocycles. The van der Waals surface area contributed by atoms with Crippen molar-refractivity contribution < 1.29 is 18.4 Å². The van der Waals surface area contributed by atoms with Gasteiger partial charge in [0, 0.05) is 18.2 Å². The molecule has 2 N–H and O–H groups in total. The van der Waals surface area contributed by atoms with E-state index in [0.717, 1.165) is 12.1 Å². The van der Waals surface area contributed by atoms with Crippen LogP contribution in [-0.4, -0.2) is 18.4 Å². The summed E-state index contributed by atoms with van der Waals surface area (Å²) in [5.74, 6) is -2.79. The molecule has 92 valence electrons. The smallest absolute Gasteiger partial charge is 0.243 e. The van der Waals surface area contributed by atoms with Crippen molar-refractivity contribution in [3.63, 3.8) is 0 Å². The quantitative estimate of drug-likeness (QED) is 0.839. The first-order valence-corrected chi connectivity index (χ1v) is 5.04. The highest BCUT2D eigenvalue weighted by Gasteiger charge is 2.07. The van der Waals surface area contributed by atoms with Gasteiger partial charge >= 0.3 is 0 Å². The Kier molecular flexibility index (Phi) is 4.56. The minimum absolute atomic E-state index is 0.139. The summed E-state index contributed by atoms with van der Waals surface area (Å²) in [6, 6.07) is 3.02. The summed E-state index contributed by atoms with van der Waals surface area (Å²) in [5.41, 5.74) is 0.139. The number of amides is 2. The van der Waals surface area contributed by atoms with Gasteiger partial charge in [-0.2, -0.15) is 0 Å². The highest BCUT2D eigenvalue weighted by Crippen LogP contribution is 2.12. The van der Waals surface area contributed by atoms with Gasteiger partial charge in [-0.25, -0.2) is 8.78 Å². The zero-order chi connectivity index (χ0) is 12.8. The van der Waals surface area contributed by atoms with E-state index in [0.29, 0.717) is 0 Å². The molecule has 0 aromatic heterocycles. The molecule has 0 bridgehead atoms.